The van der Waals surface area contributed by atoms with Gasteiger partial charge in [-0.25, -0.2) is 0 Å². The lowest BCUT2D eigenvalue weighted by Crippen LogP contribution is -2.55. The number of carbonyl (C=O) groups is 1. The van der Waals surface area contributed by atoms with Crippen LogP contribution in [0.2, 0.25) is 0 Å². The third kappa shape index (κ3) is 6.54. The Morgan fingerprint density at radius 3 is 2.37 bits per heavy atom. The number of fused-ring (bicyclic) bond motifs is 1. The normalized spacial score (nSPS) is 19.0. The molecule has 1 unspecified atom stereocenters. The molecular formula is C21H35Cl2N3O4. The highest BCUT2D eigenvalue weighted by Gasteiger charge is 2.28. The van der Waals surface area contributed by atoms with Crippen LogP contribution in [0.3, 0.4) is 0 Å². The van der Waals surface area contributed by atoms with Crippen molar-refractivity contribution in [3.8, 4) is 17.2 Å². The van der Waals surface area contributed by atoms with E-state index in [4.69, 9.17) is 14.2 Å². The number of rotatable bonds is 8. The molecule has 0 aromatic heterocycles. The number of nitrogens with one attached hydrogen (secondary N) is 1. The monoisotopic (exact) mass is 463 g/mol. The van der Waals surface area contributed by atoms with Crippen LogP contribution in [0.25, 0.3) is 0 Å². The first kappa shape index (κ1) is 26.6. The Kier molecular flexibility index (Phi) is 11.6. The second kappa shape index (κ2) is 13.1. The van der Waals surface area contributed by atoms with Crippen LogP contribution in [0.4, 0.5) is 0 Å². The fourth-order valence-electron chi connectivity index (χ4n) is 4.24. The quantitative estimate of drug-likeness (QED) is 0.597. The summed E-state index contributed by atoms with van der Waals surface area (Å²) in [5.41, 5.74) is 0.505. The van der Waals surface area contributed by atoms with Gasteiger partial charge in [0, 0.05) is 37.8 Å². The molecule has 0 radical (unpaired) electrons. The minimum absolute atomic E-state index is 0. The standard InChI is InChI=1S/C21H33N3O4.2ClH/c1-26-18-13-16(14-19(27-2)20(18)28-3)21(25)22-8-6-9-23-11-12-24-10-5-4-7-17(24)15-23;;/h13-14,17H,4-12,15H2,1-3H3,(H,22,25);2*1H. The van der Waals surface area contributed by atoms with Gasteiger partial charge >= 0.3 is 0 Å². The van der Waals surface area contributed by atoms with Gasteiger partial charge in [-0.2, -0.15) is 0 Å². The molecule has 0 saturated carbocycles. The zero-order valence-electron chi connectivity index (χ0n) is 18.1. The number of methoxy groups -OCH3 is 3. The van der Waals surface area contributed by atoms with E-state index < -0.39 is 0 Å². The molecule has 1 atom stereocenters. The number of nitrogens with zero attached hydrogens (tertiary/aromatic N) is 2. The summed E-state index contributed by atoms with van der Waals surface area (Å²) in [6.07, 6.45) is 4.99. The van der Waals surface area contributed by atoms with Crippen molar-refractivity contribution in [2.45, 2.75) is 31.7 Å². The Labute approximate surface area is 192 Å². The van der Waals surface area contributed by atoms with Gasteiger partial charge in [0.05, 0.1) is 21.3 Å². The van der Waals surface area contributed by atoms with E-state index in [0.29, 0.717) is 29.4 Å². The van der Waals surface area contributed by atoms with E-state index in [2.05, 4.69) is 15.1 Å². The van der Waals surface area contributed by atoms with E-state index in [0.717, 1.165) is 25.6 Å². The molecule has 7 nitrogen and oxygen atoms in total. The van der Waals surface area contributed by atoms with Crippen LogP contribution in [0.1, 0.15) is 36.0 Å². The van der Waals surface area contributed by atoms with Crippen molar-refractivity contribution < 1.29 is 19.0 Å². The third-order valence-corrected chi connectivity index (χ3v) is 5.79. The second-order valence-electron chi connectivity index (χ2n) is 7.51. The largest absolute Gasteiger partial charge is 0.493 e. The molecule has 1 amide bonds. The summed E-state index contributed by atoms with van der Waals surface area (Å²) >= 11 is 0. The molecule has 2 saturated heterocycles. The molecule has 0 spiro atoms. The first-order valence-electron chi connectivity index (χ1n) is 10.2. The Morgan fingerprint density at radius 2 is 1.73 bits per heavy atom. The Hall–Kier alpha value is -1.41. The zero-order chi connectivity index (χ0) is 19.9. The summed E-state index contributed by atoms with van der Waals surface area (Å²) in [6, 6.07) is 4.09. The highest BCUT2D eigenvalue weighted by atomic mass is 35.5. The Balaban J connectivity index is 0.00000225. The number of ether oxygens (including phenoxy) is 3. The first-order chi connectivity index (χ1) is 13.7. The maximum atomic E-state index is 12.5. The lowest BCUT2D eigenvalue weighted by atomic mass is 9.99. The first-order valence-corrected chi connectivity index (χ1v) is 10.2. The van der Waals surface area contributed by atoms with Crippen molar-refractivity contribution in [2.75, 3.05) is 60.6 Å². The number of benzene rings is 1. The minimum atomic E-state index is -0.128. The van der Waals surface area contributed by atoms with E-state index in [1.165, 1.54) is 38.9 Å². The predicted molar refractivity (Wildman–Crippen MR) is 123 cm³/mol. The number of piperidine rings is 1. The van der Waals surface area contributed by atoms with E-state index >= 15 is 0 Å². The minimum Gasteiger partial charge on any atom is -0.493 e. The van der Waals surface area contributed by atoms with Gasteiger partial charge in [0.15, 0.2) is 11.5 Å². The van der Waals surface area contributed by atoms with Gasteiger partial charge in [-0.15, -0.1) is 24.8 Å². The third-order valence-electron chi connectivity index (χ3n) is 5.79. The second-order valence-corrected chi connectivity index (χ2v) is 7.51. The van der Waals surface area contributed by atoms with Crippen LogP contribution in [0.15, 0.2) is 12.1 Å². The van der Waals surface area contributed by atoms with E-state index in [9.17, 15) is 4.79 Å². The summed E-state index contributed by atoms with van der Waals surface area (Å²) in [5.74, 6) is 1.33. The smallest absolute Gasteiger partial charge is 0.251 e. The average molecular weight is 464 g/mol. The number of hydrogen-bond acceptors (Lipinski definition) is 6. The molecule has 1 aromatic carbocycles. The highest BCUT2D eigenvalue weighted by Crippen LogP contribution is 2.38. The lowest BCUT2D eigenvalue weighted by Gasteiger charge is -2.44. The van der Waals surface area contributed by atoms with Gasteiger partial charge in [-0.1, -0.05) is 6.42 Å². The molecular weight excluding hydrogens is 429 g/mol. The fraction of sp³-hybridized carbons (Fsp3) is 0.667. The maximum Gasteiger partial charge on any atom is 0.251 e. The molecule has 1 aromatic rings. The summed E-state index contributed by atoms with van der Waals surface area (Å²) in [4.78, 5) is 17.7. The van der Waals surface area contributed by atoms with Crippen molar-refractivity contribution in [1.29, 1.82) is 0 Å². The molecule has 2 aliphatic heterocycles. The van der Waals surface area contributed by atoms with Gasteiger partial charge in [0.25, 0.3) is 5.91 Å². The SMILES string of the molecule is COc1cc(C(=O)NCCCN2CCN3CCCCC3C2)cc(OC)c1OC.Cl.Cl. The molecule has 0 aliphatic carbocycles. The van der Waals surface area contributed by atoms with Crippen LogP contribution < -0.4 is 19.5 Å². The molecule has 1 N–H and O–H groups in total. The molecule has 30 heavy (non-hydrogen) atoms. The average Bonchev–Trinajstić information content (AvgIpc) is 2.75. The van der Waals surface area contributed by atoms with Gasteiger partial charge in [0.1, 0.15) is 0 Å². The topological polar surface area (TPSA) is 63.3 Å². The van der Waals surface area contributed by atoms with Crippen molar-refractivity contribution in [3.63, 3.8) is 0 Å². The molecule has 3 rings (SSSR count). The van der Waals surface area contributed by atoms with Crippen molar-refractivity contribution in [2.24, 2.45) is 0 Å². The highest BCUT2D eigenvalue weighted by molar-refractivity contribution is 5.95. The maximum absolute atomic E-state index is 12.5. The van der Waals surface area contributed by atoms with Crippen LogP contribution in [-0.2, 0) is 0 Å². The summed E-state index contributed by atoms with van der Waals surface area (Å²) in [7, 11) is 4.64. The predicted octanol–water partition coefficient (Wildman–Crippen LogP) is 2.85. The zero-order valence-corrected chi connectivity index (χ0v) is 19.8. The number of halogens is 2. The molecule has 0 bridgehead atoms. The van der Waals surface area contributed by atoms with Gasteiger partial charge in [0.2, 0.25) is 5.75 Å². The molecule has 2 heterocycles. The van der Waals surface area contributed by atoms with Gasteiger partial charge in [-0.05, 0) is 44.5 Å². The van der Waals surface area contributed by atoms with Crippen LogP contribution in [-0.4, -0.2) is 82.3 Å². The van der Waals surface area contributed by atoms with E-state index in [-0.39, 0.29) is 30.7 Å². The number of hydrogen-bond donors (Lipinski definition) is 1. The molecule has 9 heteroatoms. The Bertz CT molecular complexity index is 653. The fourth-order valence-corrected chi connectivity index (χ4v) is 4.24. The van der Waals surface area contributed by atoms with Crippen molar-refractivity contribution in [1.82, 2.24) is 15.1 Å². The molecule has 2 aliphatic rings. The number of piperazine rings is 1. The number of carbonyl (C=O) groups excluding carboxylic acids is 1. The van der Waals surface area contributed by atoms with Gasteiger partial charge < -0.3 is 24.4 Å². The lowest BCUT2D eigenvalue weighted by molar-refractivity contribution is 0.0489. The molecule has 172 valence electrons. The number of amides is 1. The van der Waals surface area contributed by atoms with Crippen LogP contribution >= 0.6 is 24.8 Å². The van der Waals surface area contributed by atoms with Crippen molar-refractivity contribution >= 4 is 30.7 Å². The molecule has 2 fully saturated rings. The van der Waals surface area contributed by atoms with Crippen LogP contribution in [0, 0.1) is 0 Å². The van der Waals surface area contributed by atoms with Crippen molar-refractivity contribution in [3.05, 3.63) is 17.7 Å². The van der Waals surface area contributed by atoms with Gasteiger partial charge in [-0.3, -0.25) is 9.69 Å². The Morgan fingerprint density at radius 1 is 1.03 bits per heavy atom. The van der Waals surface area contributed by atoms with E-state index in [1.807, 2.05) is 0 Å². The van der Waals surface area contributed by atoms with E-state index in [1.54, 1.807) is 33.5 Å². The van der Waals surface area contributed by atoms with Crippen LogP contribution in [0.5, 0.6) is 17.2 Å². The summed E-state index contributed by atoms with van der Waals surface area (Å²) in [6.45, 7) is 6.43. The summed E-state index contributed by atoms with van der Waals surface area (Å²) < 4.78 is 16.0. The summed E-state index contributed by atoms with van der Waals surface area (Å²) in [5, 5.41) is 3.01.